The number of benzene rings is 2. The molecule has 0 amide bonds. The number of carbonyl (C=O) groups excluding carboxylic acids is 1. The number of carbonyl (C=O) groups is 1. The highest BCUT2D eigenvalue weighted by Gasteiger charge is 2.45. The van der Waals surface area contributed by atoms with E-state index in [1.54, 1.807) is 0 Å². The van der Waals surface area contributed by atoms with Crippen LogP contribution in [0.15, 0.2) is 54.6 Å². The zero-order chi connectivity index (χ0) is 14.7. The van der Waals surface area contributed by atoms with Crippen molar-refractivity contribution in [3.05, 3.63) is 65.7 Å². The standard InChI is InChI=1S/C19H20O2/c1-2-21-17-11-9-15(10-12-17)18(20)19(13-6-14-19)16-7-4-3-5-8-16/h3-5,7-12H,2,6,13-14H2,1H3. The molecule has 1 aliphatic carbocycles. The van der Waals surface area contributed by atoms with E-state index in [0.29, 0.717) is 6.61 Å². The average molecular weight is 280 g/mol. The summed E-state index contributed by atoms with van der Waals surface area (Å²) in [5.74, 6) is 1.06. The lowest BCUT2D eigenvalue weighted by Gasteiger charge is -2.41. The minimum atomic E-state index is -0.311. The third-order valence-corrected chi connectivity index (χ3v) is 4.40. The molecule has 1 aliphatic rings. The second-order valence-electron chi connectivity index (χ2n) is 5.59. The molecule has 2 aromatic rings. The molecule has 0 heterocycles. The summed E-state index contributed by atoms with van der Waals surface area (Å²) >= 11 is 0. The van der Waals surface area contributed by atoms with Gasteiger partial charge in [0, 0.05) is 5.56 Å². The molecule has 1 fully saturated rings. The maximum atomic E-state index is 13.0. The monoisotopic (exact) mass is 280 g/mol. The third-order valence-electron chi connectivity index (χ3n) is 4.40. The first-order valence-corrected chi connectivity index (χ1v) is 7.59. The number of Topliss-reactive ketones (excluding diaryl/α,β-unsaturated/α-hetero) is 1. The van der Waals surface area contributed by atoms with Crippen molar-refractivity contribution in [1.29, 1.82) is 0 Å². The fourth-order valence-electron chi connectivity index (χ4n) is 3.08. The highest BCUT2D eigenvalue weighted by Crippen LogP contribution is 2.46. The number of hydrogen-bond donors (Lipinski definition) is 0. The maximum absolute atomic E-state index is 13.0. The molecule has 0 unspecified atom stereocenters. The molecule has 0 saturated heterocycles. The van der Waals surface area contributed by atoms with Gasteiger partial charge in [-0.15, -0.1) is 0 Å². The fourth-order valence-corrected chi connectivity index (χ4v) is 3.08. The first-order valence-electron chi connectivity index (χ1n) is 7.59. The summed E-state index contributed by atoms with van der Waals surface area (Å²) in [5.41, 5.74) is 1.62. The number of ketones is 1. The normalized spacial score (nSPS) is 16.0. The second-order valence-corrected chi connectivity index (χ2v) is 5.59. The molecular formula is C19H20O2. The average Bonchev–Trinajstić information content (AvgIpc) is 2.48. The van der Waals surface area contributed by atoms with Crippen LogP contribution >= 0.6 is 0 Å². The predicted octanol–water partition coefficient (Wildman–Crippen LogP) is 4.39. The van der Waals surface area contributed by atoms with Gasteiger partial charge in [-0.05, 0) is 49.6 Å². The van der Waals surface area contributed by atoms with E-state index in [4.69, 9.17) is 4.74 Å². The maximum Gasteiger partial charge on any atom is 0.173 e. The first-order chi connectivity index (χ1) is 10.3. The summed E-state index contributed by atoms with van der Waals surface area (Å²) in [6.45, 7) is 2.60. The first kappa shape index (κ1) is 13.9. The van der Waals surface area contributed by atoms with E-state index >= 15 is 0 Å². The van der Waals surface area contributed by atoms with Gasteiger partial charge in [0.05, 0.1) is 12.0 Å². The van der Waals surface area contributed by atoms with Gasteiger partial charge in [0.1, 0.15) is 5.75 Å². The van der Waals surface area contributed by atoms with Gasteiger partial charge in [-0.25, -0.2) is 0 Å². The zero-order valence-corrected chi connectivity index (χ0v) is 12.3. The molecule has 2 nitrogen and oxygen atoms in total. The van der Waals surface area contributed by atoms with Crippen molar-refractivity contribution < 1.29 is 9.53 Å². The van der Waals surface area contributed by atoms with E-state index in [1.807, 2.05) is 49.4 Å². The minimum absolute atomic E-state index is 0.239. The summed E-state index contributed by atoms with van der Waals surface area (Å²) in [6.07, 6.45) is 3.02. The van der Waals surface area contributed by atoms with Crippen molar-refractivity contribution in [2.24, 2.45) is 0 Å². The molecular weight excluding hydrogens is 260 g/mol. The van der Waals surface area contributed by atoms with Gasteiger partial charge in [-0.3, -0.25) is 4.79 Å². The van der Waals surface area contributed by atoms with Crippen molar-refractivity contribution in [2.45, 2.75) is 31.6 Å². The third kappa shape index (κ3) is 2.46. The fraction of sp³-hybridized carbons (Fsp3) is 0.316. The summed E-state index contributed by atoms with van der Waals surface area (Å²) in [6, 6.07) is 17.7. The molecule has 0 spiro atoms. The number of ether oxygens (including phenoxy) is 1. The Kier molecular flexibility index (Phi) is 3.78. The van der Waals surface area contributed by atoms with Gasteiger partial charge in [0.25, 0.3) is 0 Å². The molecule has 2 heteroatoms. The molecule has 0 radical (unpaired) electrons. The topological polar surface area (TPSA) is 26.3 Å². The van der Waals surface area contributed by atoms with E-state index in [9.17, 15) is 4.79 Å². The lowest BCUT2D eigenvalue weighted by atomic mass is 9.61. The van der Waals surface area contributed by atoms with Crippen molar-refractivity contribution in [2.75, 3.05) is 6.61 Å². The minimum Gasteiger partial charge on any atom is -0.494 e. The Balaban J connectivity index is 1.89. The van der Waals surface area contributed by atoms with Gasteiger partial charge in [0.15, 0.2) is 5.78 Å². The van der Waals surface area contributed by atoms with E-state index in [2.05, 4.69) is 12.1 Å². The Hall–Kier alpha value is -2.09. The Morgan fingerprint density at radius 3 is 2.24 bits per heavy atom. The molecule has 0 N–H and O–H groups in total. The van der Waals surface area contributed by atoms with E-state index in [-0.39, 0.29) is 11.2 Å². The largest absolute Gasteiger partial charge is 0.494 e. The van der Waals surface area contributed by atoms with Crippen LogP contribution in [-0.4, -0.2) is 12.4 Å². The Morgan fingerprint density at radius 1 is 1.05 bits per heavy atom. The summed E-state index contributed by atoms with van der Waals surface area (Å²) in [4.78, 5) is 13.0. The van der Waals surface area contributed by atoms with E-state index in [0.717, 1.165) is 36.1 Å². The molecule has 108 valence electrons. The molecule has 0 aliphatic heterocycles. The van der Waals surface area contributed by atoms with Crippen molar-refractivity contribution in [1.82, 2.24) is 0 Å². The second kappa shape index (κ2) is 5.72. The van der Waals surface area contributed by atoms with Gasteiger partial charge in [-0.1, -0.05) is 36.8 Å². The van der Waals surface area contributed by atoms with Crippen LogP contribution in [-0.2, 0) is 5.41 Å². The zero-order valence-electron chi connectivity index (χ0n) is 12.3. The van der Waals surface area contributed by atoms with E-state index in [1.165, 1.54) is 0 Å². The van der Waals surface area contributed by atoms with Crippen molar-refractivity contribution in [3.8, 4) is 5.75 Å². The molecule has 0 bridgehead atoms. The van der Waals surface area contributed by atoms with Crippen LogP contribution in [0.25, 0.3) is 0 Å². The van der Waals surface area contributed by atoms with Gasteiger partial charge in [0.2, 0.25) is 0 Å². The molecule has 0 atom stereocenters. The molecule has 2 aromatic carbocycles. The Bertz CT molecular complexity index is 610. The van der Waals surface area contributed by atoms with Crippen LogP contribution in [0.2, 0.25) is 0 Å². The number of hydrogen-bond acceptors (Lipinski definition) is 2. The van der Waals surface area contributed by atoms with Crippen LogP contribution in [0.4, 0.5) is 0 Å². The lowest BCUT2D eigenvalue weighted by Crippen LogP contribution is -2.42. The molecule has 1 saturated carbocycles. The SMILES string of the molecule is CCOc1ccc(C(=O)C2(c3ccccc3)CCC2)cc1. The molecule has 3 rings (SSSR count). The summed E-state index contributed by atoms with van der Waals surface area (Å²) in [7, 11) is 0. The predicted molar refractivity (Wildman–Crippen MR) is 83.9 cm³/mol. The van der Waals surface area contributed by atoms with Gasteiger partial charge in [-0.2, -0.15) is 0 Å². The van der Waals surface area contributed by atoms with Crippen LogP contribution in [0, 0.1) is 0 Å². The Labute approximate surface area is 125 Å². The van der Waals surface area contributed by atoms with Crippen LogP contribution in [0.3, 0.4) is 0 Å². The van der Waals surface area contributed by atoms with Crippen LogP contribution in [0.5, 0.6) is 5.75 Å². The quantitative estimate of drug-likeness (QED) is 0.759. The Morgan fingerprint density at radius 2 is 1.71 bits per heavy atom. The van der Waals surface area contributed by atoms with Crippen molar-refractivity contribution in [3.63, 3.8) is 0 Å². The molecule has 0 aromatic heterocycles. The molecule has 21 heavy (non-hydrogen) atoms. The highest BCUT2D eigenvalue weighted by atomic mass is 16.5. The van der Waals surface area contributed by atoms with Crippen LogP contribution < -0.4 is 4.74 Å². The van der Waals surface area contributed by atoms with Gasteiger partial charge < -0.3 is 4.74 Å². The highest BCUT2D eigenvalue weighted by molar-refractivity contribution is 6.04. The van der Waals surface area contributed by atoms with Gasteiger partial charge >= 0.3 is 0 Å². The van der Waals surface area contributed by atoms with E-state index < -0.39 is 0 Å². The van der Waals surface area contributed by atoms with Crippen LogP contribution in [0.1, 0.15) is 42.1 Å². The summed E-state index contributed by atoms with van der Waals surface area (Å²) < 4.78 is 5.44. The van der Waals surface area contributed by atoms with Crippen molar-refractivity contribution >= 4 is 5.78 Å². The number of rotatable bonds is 5. The lowest BCUT2D eigenvalue weighted by molar-refractivity contribution is 0.0789. The smallest absolute Gasteiger partial charge is 0.173 e. The summed E-state index contributed by atoms with van der Waals surface area (Å²) in [5, 5.41) is 0.